The first kappa shape index (κ1) is 14.2. The summed E-state index contributed by atoms with van der Waals surface area (Å²) in [4.78, 5) is 26.1. The Morgan fingerprint density at radius 1 is 1.36 bits per heavy atom. The predicted molar refractivity (Wildman–Crippen MR) is 80.8 cm³/mol. The van der Waals surface area contributed by atoms with E-state index in [2.05, 4.69) is 20.3 Å². The minimum Gasteiger partial charge on any atom is -0.478 e. The standard InChI is InChI=1S/C15H17N5O2/c1-2-22-14-4-3-11(7-17-14)15(21)20-8-12(9-20)19-13-5-6-16-10-18-13/h3-7,10,12H,2,8-9H2,1H3,(H,16,18,19). The van der Waals surface area contributed by atoms with Crippen LogP contribution in [-0.4, -0.2) is 51.5 Å². The molecule has 0 saturated carbocycles. The quantitative estimate of drug-likeness (QED) is 0.894. The number of pyridine rings is 1. The van der Waals surface area contributed by atoms with E-state index in [0.717, 1.165) is 5.82 Å². The Morgan fingerprint density at radius 2 is 2.23 bits per heavy atom. The van der Waals surface area contributed by atoms with E-state index in [1.807, 2.05) is 6.92 Å². The number of rotatable bonds is 5. The maximum absolute atomic E-state index is 12.3. The lowest BCUT2D eigenvalue weighted by Crippen LogP contribution is -2.57. The molecule has 2 aromatic heterocycles. The molecule has 2 aromatic rings. The van der Waals surface area contributed by atoms with Crippen LogP contribution in [0, 0.1) is 0 Å². The van der Waals surface area contributed by atoms with Gasteiger partial charge in [0.15, 0.2) is 0 Å². The van der Waals surface area contributed by atoms with Gasteiger partial charge >= 0.3 is 0 Å². The molecule has 22 heavy (non-hydrogen) atoms. The highest BCUT2D eigenvalue weighted by Gasteiger charge is 2.31. The number of nitrogens with zero attached hydrogens (tertiary/aromatic N) is 4. The molecule has 7 heteroatoms. The zero-order valence-electron chi connectivity index (χ0n) is 12.3. The highest BCUT2D eigenvalue weighted by molar-refractivity contribution is 5.94. The number of nitrogens with one attached hydrogen (secondary N) is 1. The normalized spacial score (nSPS) is 14.3. The van der Waals surface area contributed by atoms with E-state index in [-0.39, 0.29) is 11.9 Å². The van der Waals surface area contributed by atoms with Gasteiger partial charge in [-0.25, -0.2) is 15.0 Å². The number of anilines is 1. The maximum atomic E-state index is 12.3. The van der Waals surface area contributed by atoms with Crippen molar-refractivity contribution in [2.24, 2.45) is 0 Å². The smallest absolute Gasteiger partial charge is 0.255 e. The molecule has 0 aromatic carbocycles. The molecule has 114 valence electrons. The first-order valence-electron chi connectivity index (χ1n) is 7.17. The van der Waals surface area contributed by atoms with E-state index in [4.69, 9.17) is 4.74 Å². The highest BCUT2D eigenvalue weighted by atomic mass is 16.5. The van der Waals surface area contributed by atoms with Crippen molar-refractivity contribution >= 4 is 11.7 Å². The molecule has 0 bridgehead atoms. The third-order valence-corrected chi connectivity index (χ3v) is 3.38. The van der Waals surface area contributed by atoms with Crippen LogP contribution in [0.4, 0.5) is 5.82 Å². The molecule has 1 fully saturated rings. The third-order valence-electron chi connectivity index (χ3n) is 3.38. The number of carbonyl (C=O) groups excluding carboxylic acids is 1. The van der Waals surface area contributed by atoms with Crippen molar-refractivity contribution < 1.29 is 9.53 Å². The number of carbonyl (C=O) groups is 1. The number of aromatic nitrogens is 3. The van der Waals surface area contributed by atoms with Crippen molar-refractivity contribution in [2.75, 3.05) is 25.0 Å². The fourth-order valence-electron chi connectivity index (χ4n) is 2.24. The van der Waals surface area contributed by atoms with Crippen LogP contribution in [0.25, 0.3) is 0 Å². The number of likely N-dealkylation sites (tertiary alicyclic amines) is 1. The van der Waals surface area contributed by atoms with Gasteiger partial charge < -0.3 is 15.0 Å². The first-order valence-corrected chi connectivity index (χ1v) is 7.17. The van der Waals surface area contributed by atoms with E-state index in [9.17, 15) is 4.79 Å². The summed E-state index contributed by atoms with van der Waals surface area (Å²) >= 11 is 0. The summed E-state index contributed by atoms with van der Waals surface area (Å²) in [6, 6.07) is 5.48. The molecule has 7 nitrogen and oxygen atoms in total. The molecular weight excluding hydrogens is 282 g/mol. The van der Waals surface area contributed by atoms with E-state index in [1.54, 1.807) is 35.5 Å². The lowest BCUT2D eigenvalue weighted by molar-refractivity contribution is 0.0624. The van der Waals surface area contributed by atoms with Gasteiger partial charge in [0, 0.05) is 31.5 Å². The predicted octanol–water partition coefficient (Wildman–Crippen LogP) is 1.21. The number of amides is 1. The Bertz CT molecular complexity index is 626. The van der Waals surface area contributed by atoms with Crippen LogP contribution < -0.4 is 10.1 Å². The topological polar surface area (TPSA) is 80.2 Å². The summed E-state index contributed by atoms with van der Waals surface area (Å²) in [5.74, 6) is 1.29. The fraction of sp³-hybridized carbons (Fsp3) is 0.333. The molecule has 1 N–H and O–H groups in total. The van der Waals surface area contributed by atoms with E-state index in [0.29, 0.717) is 31.1 Å². The monoisotopic (exact) mass is 299 g/mol. The Balaban J connectivity index is 1.52. The van der Waals surface area contributed by atoms with Crippen molar-refractivity contribution in [2.45, 2.75) is 13.0 Å². The average Bonchev–Trinajstić information content (AvgIpc) is 2.52. The van der Waals surface area contributed by atoms with Gasteiger partial charge in [-0.05, 0) is 19.1 Å². The number of hydrogen-bond acceptors (Lipinski definition) is 6. The van der Waals surface area contributed by atoms with Gasteiger partial charge in [-0.3, -0.25) is 4.79 Å². The van der Waals surface area contributed by atoms with Crippen molar-refractivity contribution in [1.29, 1.82) is 0 Å². The van der Waals surface area contributed by atoms with Gasteiger partial charge in [0.05, 0.1) is 18.2 Å². The molecule has 0 aliphatic carbocycles. The number of ether oxygens (including phenoxy) is 1. The summed E-state index contributed by atoms with van der Waals surface area (Å²) in [7, 11) is 0. The Morgan fingerprint density at radius 3 is 2.86 bits per heavy atom. The molecule has 1 saturated heterocycles. The molecule has 1 aliphatic rings. The van der Waals surface area contributed by atoms with Crippen LogP contribution in [0.1, 0.15) is 17.3 Å². The van der Waals surface area contributed by atoms with Crippen molar-refractivity contribution in [3.05, 3.63) is 42.5 Å². The van der Waals surface area contributed by atoms with Crippen molar-refractivity contribution in [3.63, 3.8) is 0 Å². The van der Waals surface area contributed by atoms with Gasteiger partial charge in [0.2, 0.25) is 5.88 Å². The van der Waals surface area contributed by atoms with E-state index in [1.165, 1.54) is 6.33 Å². The van der Waals surface area contributed by atoms with Gasteiger partial charge in [-0.1, -0.05) is 0 Å². The summed E-state index contributed by atoms with van der Waals surface area (Å²) in [6.07, 6.45) is 4.73. The lowest BCUT2D eigenvalue weighted by Gasteiger charge is -2.39. The average molecular weight is 299 g/mol. The van der Waals surface area contributed by atoms with Gasteiger partial charge in [0.25, 0.3) is 5.91 Å². The number of hydrogen-bond donors (Lipinski definition) is 1. The highest BCUT2D eigenvalue weighted by Crippen LogP contribution is 2.17. The largest absolute Gasteiger partial charge is 0.478 e. The van der Waals surface area contributed by atoms with Gasteiger partial charge in [-0.15, -0.1) is 0 Å². The molecule has 0 unspecified atom stereocenters. The molecule has 0 atom stereocenters. The molecule has 1 amide bonds. The second-order valence-corrected chi connectivity index (χ2v) is 4.96. The van der Waals surface area contributed by atoms with Crippen LogP contribution in [0.15, 0.2) is 36.9 Å². The van der Waals surface area contributed by atoms with Crippen LogP contribution in [0.5, 0.6) is 5.88 Å². The van der Waals surface area contributed by atoms with Crippen molar-refractivity contribution in [3.8, 4) is 5.88 Å². The van der Waals surface area contributed by atoms with E-state index >= 15 is 0 Å². The van der Waals surface area contributed by atoms with Crippen LogP contribution in [0.2, 0.25) is 0 Å². The molecule has 1 aliphatic heterocycles. The summed E-state index contributed by atoms with van der Waals surface area (Å²) in [5, 5.41) is 3.26. The molecule has 3 heterocycles. The molecule has 0 radical (unpaired) electrons. The summed E-state index contributed by atoms with van der Waals surface area (Å²) in [6.45, 7) is 3.75. The SMILES string of the molecule is CCOc1ccc(C(=O)N2CC(Nc3ccncn3)C2)cn1. The second kappa shape index (κ2) is 6.38. The summed E-state index contributed by atoms with van der Waals surface area (Å²) < 4.78 is 5.27. The van der Waals surface area contributed by atoms with E-state index < -0.39 is 0 Å². The molecule has 0 spiro atoms. The van der Waals surface area contributed by atoms with Crippen LogP contribution in [0.3, 0.4) is 0 Å². The third kappa shape index (κ3) is 3.13. The van der Waals surface area contributed by atoms with Gasteiger partial charge in [0.1, 0.15) is 12.1 Å². The summed E-state index contributed by atoms with van der Waals surface area (Å²) in [5.41, 5.74) is 0.573. The maximum Gasteiger partial charge on any atom is 0.255 e. The zero-order chi connectivity index (χ0) is 15.4. The Kier molecular flexibility index (Phi) is 4.13. The minimum atomic E-state index is -0.0173. The first-order chi connectivity index (χ1) is 10.8. The zero-order valence-corrected chi connectivity index (χ0v) is 12.3. The lowest BCUT2D eigenvalue weighted by atomic mass is 10.1. The van der Waals surface area contributed by atoms with Gasteiger partial charge in [-0.2, -0.15) is 0 Å². The van der Waals surface area contributed by atoms with Crippen LogP contribution in [-0.2, 0) is 0 Å². The Labute approximate surface area is 128 Å². The Hall–Kier alpha value is -2.70. The fourth-order valence-corrected chi connectivity index (χ4v) is 2.24. The minimum absolute atomic E-state index is 0.0173. The van der Waals surface area contributed by atoms with Crippen molar-refractivity contribution in [1.82, 2.24) is 19.9 Å². The molecule has 3 rings (SSSR count). The van der Waals surface area contributed by atoms with Crippen LogP contribution >= 0.6 is 0 Å². The molecular formula is C15H17N5O2. The second-order valence-electron chi connectivity index (χ2n) is 4.96.